The predicted molar refractivity (Wildman–Crippen MR) is 262 cm³/mol. The Balaban J connectivity index is 1.09. The van der Waals surface area contributed by atoms with Gasteiger partial charge in [-0.15, -0.1) is 11.3 Å². The molecule has 290 valence electrons. The van der Waals surface area contributed by atoms with E-state index in [9.17, 15) is 0 Å². The maximum absolute atomic E-state index is 6.62. The van der Waals surface area contributed by atoms with Crippen molar-refractivity contribution < 1.29 is 4.42 Å². The number of aromatic nitrogens is 3. The monoisotopic (exact) mass is 809 g/mol. The first-order valence-corrected chi connectivity index (χ1v) is 21.5. The fourth-order valence-corrected chi connectivity index (χ4v) is 10.4. The topological polar surface area (TPSA) is 51.8 Å². The third kappa shape index (κ3) is 5.71. The molecule has 9 aromatic carbocycles. The smallest absolute Gasteiger partial charge is 0.164 e. The number of furan rings is 1. The maximum atomic E-state index is 6.62. The second-order valence-corrected chi connectivity index (χ2v) is 16.7. The fraction of sp³-hybridized carbons (Fsp3) is 0. The second-order valence-electron chi connectivity index (χ2n) is 15.6. The van der Waals surface area contributed by atoms with Crippen molar-refractivity contribution in [2.75, 3.05) is 0 Å². The summed E-state index contributed by atoms with van der Waals surface area (Å²) in [4.78, 5) is 15.6. The average molecular weight is 810 g/mol. The second kappa shape index (κ2) is 14.3. The van der Waals surface area contributed by atoms with Crippen LogP contribution in [0.1, 0.15) is 11.1 Å². The molecule has 62 heavy (non-hydrogen) atoms. The molecule has 0 aliphatic carbocycles. The van der Waals surface area contributed by atoms with Gasteiger partial charge in [0.2, 0.25) is 0 Å². The summed E-state index contributed by atoms with van der Waals surface area (Å²) < 4.78 is 9.15. The van der Waals surface area contributed by atoms with E-state index in [1.165, 1.54) is 36.9 Å². The van der Waals surface area contributed by atoms with E-state index in [1.807, 2.05) is 66.0 Å². The molecule has 3 heterocycles. The maximum Gasteiger partial charge on any atom is 0.164 e. The van der Waals surface area contributed by atoms with Crippen LogP contribution in [0.4, 0.5) is 0 Å². The normalized spacial score (nSPS) is 11.7. The predicted octanol–water partition coefficient (Wildman–Crippen LogP) is 16.1. The van der Waals surface area contributed by atoms with Crippen LogP contribution in [-0.4, -0.2) is 15.0 Å². The Kier molecular flexibility index (Phi) is 8.30. The molecular formula is C57H35N3OS. The van der Waals surface area contributed by atoms with E-state index in [4.69, 9.17) is 19.4 Å². The first kappa shape index (κ1) is 35.9. The van der Waals surface area contributed by atoms with Gasteiger partial charge in [-0.05, 0) is 97.4 Å². The number of nitrogens with zero attached hydrogens (tertiary/aromatic N) is 3. The lowest BCUT2D eigenvalue weighted by molar-refractivity contribution is 0.669. The molecule has 0 N–H and O–H groups in total. The zero-order chi connectivity index (χ0) is 41.3. The zero-order valence-electron chi connectivity index (χ0n) is 33.5. The molecule has 0 bridgehead atoms. The van der Waals surface area contributed by atoms with Crippen molar-refractivity contribution in [2.45, 2.75) is 0 Å². The van der Waals surface area contributed by atoms with Gasteiger partial charge in [-0.2, -0.15) is 0 Å². The van der Waals surface area contributed by atoms with Crippen molar-refractivity contribution >= 4 is 87.1 Å². The Labute approximate surface area is 361 Å². The number of hydrogen-bond acceptors (Lipinski definition) is 5. The molecule has 12 aromatic rings. The van der Waals surface area contributed by atoms with Crippen LogP contribution in [0.5, 0.6) is 0 Å². The average Bonchev–Trinajstić information content (AvgIpc) is 3.92. The van der Waals surface area contributed by atoms with Crippen molar-refractivity contribution in [1.82, 2.24) is 15.0 Å². The van der Waals surface area contributed by atoms with Gasteiger partial charge in [0.15, 0.2) is 17.5 Å². The van der Waals surface area contributed by atoms with Crippen molar-refractivity contribution in [3.05, 3.63) is 200 Å². The molecule has 3 aromatic heterocycles. The Hall–Kier alpha value is -7.99. The summed E-state index contributed by atoms with van der Waals surface area (Å²) in [7, 11) is 0. The van der Waals surface area contributed by atoms with Gasteiger partial charge in [-0.3, -0.25) is 0 Å². The molecule has 0 saturated heterocycles. The third-order valence-corrected chi connectivity index (χ3v) is 13.2. The highest BCUT2D eigenvalue weighted by Crippen LogP contribution is 2.45. The van der Waals surface area contributed by atoms with E-state index in [0.717, 1.165) is 76.9 Å². The third-order valence-electron chi connectivity index (χ3n) is 12.1. The van der Waals surface area contributed by atoms with Crippen LogP contribution in [0.25, 0.3) is 132 Å². The fourth-order valence-electron chi connectivity index (χ4n) is 9.23. The number of rotatable bonds is 7. The molecule has 0 aliphatic heterocycles. The summed E-state index contributed by atoms with van der Waals surface area (Å²) in [5, 5.41) is 8.94. The van der Waals surface area contributed by atoms with Crippen molar-refractivity contribution in [3.8, 4) is 56.4 Å². The lowest BCUT2D eigenvalue weighted by Crippen LogP contribution is -2.00. The van der Waals surface area contributed by atoms with Gasteiger partial charge in [-0.1, -0.05) is 159 Å². The van der Waals surface area contributed by atoms with E-state index in [1.54, 1.807) is 0 Å². The molecular weight excluding hydrogens is 775 g/mol. The molecule has 0 spiro atoms. The lowest BCUT2D eigenvalue weighted by atomic mass is 9.90. The molecule has 0 aliphatic rings. The largest absolute Gasteiger partial charge is 0.456 e. The minimum absolute atomic E-state index is 0.573. The highest BCUT2D eigenvalue weighted by atomic mass is 32.1. The van der Waals surface area contributed by atoms with Gasteiger partial charge in [0.05, 0.1) is 0 Å². The number of hydrogen-bond donors (Lipinski definition) is 0. The minimum atomic E-state index is 0.573. The Bertz CT molecular complexity index is 3790. The molecule has 0 saturated carbocycles. The molecule has 0 atom stereocenters. The van der Waals surface area contributed by atoms with Crippen LogP contribution in [0.15, 0.2) is 193 Å². The number of benzene rings is 9. The van der Waals surface area contributed by atoms with Crippen LogP contribution in [0.2, 0.25) is 0 Å². The van der Waals surface area contributed by atoms with Crippen molar-refractivity contribution in [1.29, 1.82) is 0 Å². The summed E-state index contributed by atoms with van der Waals surface area (Å²) in [5.41, 5.74) is 11.1. The molecule has 5 heteroatoms. The van der Waals surface area contributed by atoms with Gasteiger partial charge < -0.3 is 4.42 Å². The van der Waals surface area contributed by atoms with Gasteiger partial charge in [0.25, 0.3) is 0 Å². The van der Waals surface area contributed by atoms with Crippen molar-refractivity contribution in [2.24, 2.45) is 0 Å². The lowest BCUT2D eigenvalue weighted by Gasteiger charge is -2.14. The Morgan fingerprint density at radius 2 is 1.00 bits per heavy atom. The van der Waals surface area contributed by atoms with Crippen LogP contribution >= 0.6 is 11.3 Å². The first-order valence-electron chi connectivity index (χ1n) is 20.7. The van der Waals surface area contributed by atoms with E-state index in [0.29, 0.717) is 17.5 Å². The SMILES string of the molecule is C=Cc1c(C=C)c2ccc(-c3nc(-c4ccccc4)nc(-c4cccc5oc6ccc(-c7cc(-c8ccccc8)cc8sc9ccccc9c78)cc6c45)n3)cc2c2ccccc12. The van der Waals surface area contributed by atoms with E-state index < -0.39 is 0 Å². The molecule has 12 rings (SSSR count). The van der Waals surface area contributed by atoms with Crippen LogP contribution in [0.3, 0.4) is 0 Å². The van der Waals surface area contributed by atoms with Crippen LogP contribution in [0, 0.1) is 0 Å². The molecule has 0 amide bonds. The van der Waals surface area contributed by atoms with Gasteiger partial charge in [0.1, 0.15) is 11.2 Å². The summed E-state index contributed by atoms with van der Waals surface area (Å²) in [6.07, 6.45) is 3.85. The zero-order valence-corrected chi connectivity index (χ0v) is 34.3. The highest BCUT2D eigenvalue weighted by Gasteiger charge is 2.21. The summed E-state index contributed by atoms with van der Waals surface area (Å²) in [6, 6.07) is 61.8. The first-order chi connectivity index (χ1) is 30.6. The van der Waals surface area contributed by atoms with Gasteiger partial charge >= 0.3 is 0 Å². The minimum Gasteiger partial charge on any atom is -0.456 e. The number of thiophene rings is 1. The number of fused-ring (bicyclic) bond motifs is 9. The van der Waals surface area contributed by atoms with E-state index >= 15 is 0 Å². The molecule has 4 nitrogen and oxygen atoms in total. The summed E-state index contributed by atoms with van der Waals surface area (Å²) >= 11 is 1.84. The molecule has 0 fully saturated rings. The Morgan fingerprint density at radius 1 is 0.371 bits per heavy atom. The standard InChI is InChI=1S/C57H35N3OS/c1-3-39-40(4-2)43-28-26-37(31-47(43)42-21-12-11-20-41(39)42)56-58-55(35-18-9-6-10-19-35)59-57(60-56)45-23-15-24-50-53(45)48-30-36(27-29-49(48)61-50)46-32-38(34-16-7-5-8-17-34)33-52-54(46)44-22-13-14-25-51(44)62-52/h3-33H,1-2H2. The van der Waals surface area contributed by atoms with Gasteiger partial charge in [-0.25, -0.2) is 15.0 Å². The summed E-state index contributed by atoms with van der Waals surface area (Å²) in [5.74, 6) is 1.76. The molecule has 0 radical (unpaired) electrons. The summed E-state index contributed by atoms with van der Waals surface area (Å²) in [6.45, 7) is 8.33. The van der Waals surface area contributed by atoms with E-state index in [2.05, 4.69) is 147 Å². The van der Waals surface area contributed by atoms with Crippen LogP contribution < -0.4 is 0 Å². The Morgan fingerprint density at radius 3 is 1.77 bits per heavy atom. The van der Waals surface area contributed by atoms with E-state index in [-0.39, 0.29) is 0 Å². The quantitative estimate of drug-likeness (QED) is 0.151. The molecule has 0 unspecified atom stereocenters. The van der Waals surface area contributed by atoms with Crippen molar-refractivity contribution in [3.63, 3.8) is 0 Å². The highest BCUT2D eigenvalue weighted by molar-refractivity contribution is 7.26. The van der Waals surface area contributed by atoms with Gasteiger partial charge in [0, 0.05) is 47.6 Å². The van der Waals surface area contributed by atoms with Crippen LogP contribution in [-0.2, 0) is 0 Å².